The minimum absolute atomic E-state index is 0.497. The first-order valence-electron chi connectivity index (χ1n) is 8.56. The zero-order valence-corrected chi connectivity index (χ0v) is 13.0. The van der Waals surface area contributed by atoms with Crippen molar-refractivity contribution in [2.45, 2.75) is 50.9 Å². The Morgan fingerprint density at radius 3 is 2.68 bits per heavy atom. The van der Waals surface area contributed by atoms with E-state index in [0.29, 0.717) is 11.8 Å². The lowest BCUT2D eigenvalue weighted by Crippen LogP contribution is -2.16. The van der Waals surface area contributed by atoms with E-state index < -0.39 is 0 Å². The molecular formula is C18H23N3O. The van der Waals surface area contributed by atoms with Crippen LogP contribution in [-0.2, 0) is 12.8 Å². The van der Waals surface area contributed by atoms with Gasteiger partial charge in [0.15, 0.2) is 5.82 Å². The summed E-state index contributed by atoms with van der Waals surface area (Å²) in [5, 5.41) is 7.70. The fourth-order valence-corrected chi connectivity index (χ4v) is 3.69. The smallest absolute Gasteiger partial charge is 0.257 e. The number of rotatable bonds is 2. The van der Waals surface area contributed by atoms with Gasteiger partial charge >= 0.3 is 0 Å². The van der Waals surface area contributed by atoms with Crippen LogP contribution in [0.1, 0.15) is 55.0 Å². The van der Waals surface area contributed by atoms with Crippen LogP contribution in [0.15, 0.2) is 22.7 Å². The maximum absolute atomic E-state index is 5.55. The highest BCUT2D eigenvalue weighted by Gasteiger charge is 2.21. The molecule has 22 heavy (non-hydrogen) atoms. The molecule has 0 saturated heterocycles. The summed E-state index contributed by atoms with van der Waals surface area (Å²) < 4.78 is 5.55. The van der Waals surface area contributed by atoms with Crippen molar-refractivity contribution in [1.29, 1.82) is 0 Å². The Morgan fingerprint density at radius 1 is 1.00 bits per heavy atom. The molecule has 4 rings (SSSR count). The summed E-state index contributed by atoms with van der Waals surface area (Å²) in [4.78, 5) is 4.68. The van der Waals surface area contributed by atoms with Crippen LogP contribution >= 0.6 is 0 Å². The first-order valence-corrected chi connectivity index (χ1v) is 8.56. The van der Waals surface area contributed by atoms with Crippen molar-refractivity contribution >= 4 is 0 Å². The number of fused-ring (bicyclic) bond motifs is 1. The van der Waals surface area contributed by atoms with E-state index in [1.165, 1.54) is 43.2 Å². The third-order valence-corrected chi connectivity index (χ3v) is 5.01. The summed E-state index contributed by atoms with van der Waals surface area (Å²) >= 11 is 0. The summed E-state index contributed by atoms with van der Waals surface area (Å²) in [6, 6.07) is 6.59. The molecule has 1 aromatic carbocycles. The summed E-state index contributed by atoms with van der Waals surface area (Å²) in [6.45, 7) is 2.12. The monoisotopic (exact) mass is 297 g/mol. The number of hydrogen-bond acceptors (Lipinski definition) is 4. The maximum atomic E-state index is 5.55. The molecule has 2 aromatic rings. The van der Waals surface area contributed by atoms with Gasteiger partial charge in [0.2, 0.25) is 0 Å². The van der Waals surface area contributed by atoms with Crippen molar-refractivity contribution in [3.05, 3.63) is 35.2 Å². The zero-order valence-electron chi connectivity index (χ0n) is 13.0. The fourth-order valence-electron chi connectivity index (χ4n) is 3.69. The van der Waals surface area contributed by atoms with Crippen LogP contribution in [0.25, 0.3) is 11.5 Å². The van der Waals surface area contributed by atoms with Gasteiger partial charge < -0.3 is 9.84 Å². The van der Waals surface area contributed by atoms with Crippen molar-refractivity contribution in [2.75, 3.05) is 13.1 Å². The molecule has 1 N–H and O–H groups in total. The summed E-state index contributed by atoms with van der Waals surface area (Å²) in [5.74, 6) is 2.09. The van der Waals surface area contributed by atoms with E-state index in [1.54, 1.807) is 0 Å². The van der Waals surface area contributed by atoms with Crippen molar-refractivity contribution in [2.24, 2.45) is 0 Å². The minimum Gasteiger partial charge on any atom is -0.334 e. The van der Waals surface area contributed by atoms with Crippen LogP contribution in [0.4, 0.5) is 0 Å². The normalized spacial score (nSPS) is 19.6. The average Bonchev–Trinajstić information content (AvgIpc) is 2.95. The van der Waals surface area contributed by atoms with E-state index in [2.05, 4.69) is 33.7 Å². The maximum Gasteiger partial charge on any atom is 0.257 e. The largest absolute Gasteiger partial charge is 0.334 e. The second-order valence-corrected chi connectivity index (χ2v) is 6.53. The van der Waals surface area contributed by atoms with Gasteiger partial charge in [0, 0.05) is 11.5 Å². The van der Waals surface area contributed by atoms with E-state index in [1.807, 2.05) is 0 Å². The first kappa shape index (κ1) is 13.9. The van der Waals surface area contributed by atoms with Gasteiger partial charge in [-0.1, -0.05) is 30.5 Å². The van der Waals surface area contributed by atoms with Crippen LogP contribution < -0.4 is 5.32 Å². The highest BCUT2D eigenvalue weighted by Crippen LogP contribution is 2.32. The van der Waals surface area contributed by atoms with Crippen molar-refractivity contribution < 1.29 is 4.52 Å². The predicted octanol–water partition coefficient (Wildman–Crippen LogP) is 3.47. The van der Waals surface area contributed by atoms with Gasteiger partial charge in [-0.15, -0.1) is 0 Å². The topological polar surface area (TPSA) is 51.0 Å². The molecule has 0 unspecified atom stereocenters. The molecule has 2 heterocycles. The molecule has 1 aliphatic heterocycles. The Kier molecular flexibility index (Phi) is 3.94. The Labute approximate surface area is 131 Å². The predicted molar refractivity (Wildman–Crippen MR) is 85.8 cm³/mol. The van der Waals surface area contributed by atoms with E-state index in [0.717, 1.165) is 37.3 Å². The quantitative estimate of drug-likeness (QED) is 0.922. The van der Waals surface area contributed by atoms with Gasteiger partial charge in [-0.05, 0) is 62.0 Å². The molecule has 2 aliphatic rings. The van der Waals surface area contributed by atoms with E-state index in [4.69, 9.17) is 4.52 Å². The second-order valence-electron chi connectivity index (χ2n) is 6.53. The van der Waals surface area contributed by atoms with Crippen LogP contribution in [-0.4, -0.2) is 23.2 Å². The molecule has 116 valence electrons. The van der Waals surface area contributed by atoms with Gasteiger partial charge in [-0.3, -0.25) is 0 Å². The van der Waals surface area contributed by atoms with Crippen LogP contribution in [0.5, 0.6) is 0 Å². The zero-order chi connectivity index (χ0) is 14.8. The lowest BCUT2D eigenvalue weighted by atomic mass is 9.89. The van der Waals surface area contributed by atoms with Gasteiger partial charge in [-0.2, -0.15) is 4.98 Å². The molecule has 0 bridgehead atoms. The van der Waals surface area contributed by atoms with E-state index in [9.17, 15) is 0 Å². The SMILES string of the molecule is c1cc2c(cc1-c1nc(C3CCCCC3)no1)CCNCC2. The molecule has 1 saturated carbocycles. The molecule has 4 heteroatoms. The van der Waals surface area contributed by atoms with E-state index >= 15 is 0 Å². The Hall–Kier alpha value is -1.68. The Morgan fingerprint density at radius 2 is 1.82 bits per heavy atom. The van der Waals surface area contributed by atoms with E-state index in [-0.39, 0.29) is 0 Å². The number of aromatic nitrogens is 2. The van der Waals surface area contributed by atoms with Gasteiger partial charge in [0.05, 0.1) is 0 Å². The lowest BCUT2D eigenvalue weighted by Gasteiger charge is -2.17. The standard InChI is InChI=1S/C18H23N3O/c1-2-4-14(5-3-1)17-20-18(22-21-17)16-7-6-13-8-10-19-11-9-15(13)12-16/h6-7,12,14,19H,1-5,8-11H2. The second kappa shape index (κ2) is 6.21. The first-order chi connectivity index (χ1) is 10.9. The minimum atomic E-state index is 0.497. The Bertz CT molecular complexity index is 644. The van der Waals surface area contributed by atoms with Crippen LogP contribution in [0, 0.1) is 0 Å². The number of nitrogens with one attached hydrogen (secondary N) is 1. The van der Waals surface area contributed by atoms with Crippen molar-refractivity contribution in [1.82, 2.24) is 15.5 Å². The number of hydrogen-bond donors (Lipinski definition) is 1. The molecule has 0 spiro atoms. The van der Waals surface area contributed by atoms with Gasteiger partial charge in [0.25, 0.3) is 5.89 Å². The number of benzene rings is 1. The summed E-state index contributed by atoms with van der Waals surface area (Å²) in [6.07, 6.45) is 8.52. The van der Waals surface area contributed by atoms with Gasteiger partial charge in [-0.25, -0.2) is 0 Å². The highest BCUT2D eigenvalue weighted by atomic mass is 16.5. The lowest BCUT2D eigenvalue weighted by molar-refractivity contribution is 0.385. The molecule has 1 aliphatic carbocycles. The van der Waals surface area contributed by atoms with Crippen LogP contribution in [0.3, 0.4) is 0 Å². The average molecular weight is 297 g/mol. The third kappa shape index (κ3) is 2.80. The molecule has 0 atom stereocenters. The van der Waals surface area contributed by atoms with Crippen molar-refractivity contribution in [3.8, 4) is 11.5 Å². The molecule has 1 fully saturated rings. The molecular weight excluding hydrogens is 274 g/mol. The Balaban J connectivity index is 1.59. The molecule has 0 radical (unpaired) electrons. The highest BCUT2D eigenvalue weighted by molar-refractivity contribution is 5.56. The summed E-state index contributed by atoms with van der Waals surface area (Å²) in [5.41, 5.74) is 3.93. The number of nitrogens with zero attached hydrogens (tertiary/aromatic N) is 2. The fraction of sp³-hybridized carbons (Fsp3) is 0.556. The molecule has 0 amide bonds. The summed E-state index contributed by atoms with van der Waals surface area (Å²) in [7, 11) is 0. The molecule has 4 nitrogen and oxygen atoms in total. The van der Waals surface area contributed by atoms with Crippen LogP contribution in [0.2, 0.25) is 0 Å². The van der Waals surface area contributed by atoms with Crippen molar-refractivity contribution in [3.63, 3.8) is 0 Å². The third-order valence-electron chi connectivity index (χ3n) is 5.01. The molecule has 1 aromatic heterocycles. The van der Waals surface area contributed by atoms with Gasteiger partial charge in [0.1, 0.15) is 0 Å².